The summed E-state index contributed by atoms with van der Waals surface area (Å²) in [6, 6.07) is 10.6. The normalized spacial score (nSPS) is 10.6. The standard InChI is InChI=1S/C27H47NS2.Zn/c1-3-5-7-9-11-13-15-20-24-28(25-21-16-14-12-10-8-6-4-2)27(29)30-26-22-18-17-19-23-26;/h17-19,22-23H,3-16,20-21,24-25H2,1-2H3;. The summed E-state index contributed by atoms with van der Waals surface area (Å²) in [7, 11) is 0. The molecule has 0 aliphatic heterocycles. The Morgan fingerprint density at radius 1 is 0.645 bits per heavy atom. The Balaban J connectivity index is 0.00000900. The minimum absolute atomic E-state index is 0. The molecule has 0 unspecified atom stereocenters. The van der Waals surface area contributed by atoms with Crippen molar-refractivity contribution < 1.29 is 19.5 Å². The van der Waals surface area contributed by atoms with Crippen molar-refractivity contribution in [2.45, 2.75) is 121 Å². The van der Waals surface area contributed by atoms with Gasteiger partial charge in [-0.25, -0.2) is 0 Å². The maximum absolute atomic E-state index is 5.84. The first kappa shape index (κ1) is 31.1. The topological polar surface area (TPSA) is 3.24 Å². The summed E-state index contributed by atoms with van der Waals surface area (Å²) in [5.41, 5.74) is 0. The summed E-state index contributed by atoms with van der Waals surface area (Å²) in [4.78, 5) is 3.75. The van der Waals surface area contributed by atoms with Crippen LogP contribution in [0.4, 0.5) is 0 Å². The second kappa shape index (κ2) is 23.2. The van der Waals surface area contributed by atoms with Crippen molar-refractivity contribution in [3.8, 4) is 0 Å². The summed E-state index contributed by atoms with van der Waals surface area (Å²) in [5, 5.41) is 0. The van der Waals surface area contributed by atoms with Gasteiger partial charge in [0.25, 0.3) is 0 Å². The first-order valence-corrected chi connectivity index (χ1v) is 14.0. The van der Waals surface area contributed by atoms with Crippen molar-refractivity contribution in [1.82, 2.24) is 4.90 Å². The van der Waals surface area contributed by atoms with Crippen molar-refractivity contribution in [1.29, 1.82) is 0 Å². The van der Waals surface area contributed by atoms with Crippen molar-refractivity contribution in [3.63, 3.8) is 0 Å². The first-order chi connectivity index (χ1) is 14.8. The molecule has 1 aromatic rings. The van der Waals surface area contributed by atoms with Gasteiger partial charge in [0, 0.05) is 37.5 Å². The van der Waals surface area contributed by atoms with E-state index in [1.165, 1.54) is 108 Å². The number of thioether (sulfide) groups is 1. The van der Waals surface area contributed by atoms with Gasteiger partial charge in [-0.3, -0.25) is 0 Å². The molecule has 1 nitrogen and oxygen atoms in total. The molecule has 4 heteroatoms. The monoisotopic (exact) mass is 513 g/mol. The number of hydrogen-bond donors (Lipinski definition) is 0. The minimum atomic E-state index is 0. The molecule has 0 aliphatic carbocycles. The van der Waals surface area contributed by atoms with Crippen LogP contribution in [0.3, 0.4) is 0 Å². The molecule has 31 heavy (non-hydrogen) atoms. The van der Waals surface area contributed by atoms with Crippen LogP contribution in [0.1, 0.15) is 117 Å². The fourth-order valence-corrected chi connectivity index (χ4v) is 5.10. The van der Waals surface area contributed by atoms with Gasteiger partial charge in [-0.1, -0.05) is 146 Å². The fraction of sp³-hybridized carbons (Fsp3) is 0.741. The third-order valence-electron chi connectivity index (χ3n) is 5.77. The Kier molecular flexibility index (Phi) is 23.3. The Bertz CT molecular complexity index is 489. The van der Waals surface area contributed by atoms with E-state index >= 15 is 0 Å². The zero-order chi connectivity index (χ0) is 21.7. The van der Waals surface area contributed by atoms with E-state index in [0.29, 0.717) is 0 Å². The van der Waals surface area contributed by atoms with Crippen LogP contribution < -0.4 is 0 Å². The van der Waals surface area contributed by atoms with Crippen molar-refractivity contribution >= 4 is 28.3 Å². The second-order valence-corrected chi connectivity index (χ2v) is 10.3. The summed E-state index contributed by atoms with van der Waals surface area (Å²) in [6.45, 7) is 6.84. The number of thiocarbonyl (C=S) groups is 1. The molecule has 0 aromatic heterocycles. The molecular weight excluding hydrogens is 468 g/mol. The largest absolute Gasteiger partial charge is 0.357 e. The molecule has 0 bridgehead atoms. The molecule has 0 amide bonds. The van der Waals surface area contributed by atoms with Gasteiger partial charge in [-0.2, -0.15) is 0 Å². The van der Waals surface area contributed by atoms with Crippen LogP contribution in [0.5, 0.6) is 0 Å². The first-order valence-electron chi connectivity index (χ1n) is 12.8. The van der Waals surface area contributed by atoms with E-state index in [4.69, 9.17) is 12.2 Å². The van der Waals surface area contributed by atoms with Gasteiger partial charge < -0.3 is 4.90 Å². The molecule has 174 valence electrons. The average Bonchev–Trinajstić information content (AvgIpc) is 2.76. The second-order valence-electron chi connectivity index (χ2n) is 8.62. The molecule has 0 N–H and O–H groups in total. The van der Waals surface area contributed by atoms with Crippen LogP contribution in [0.25, 0.3) is 0 Å². The number of benzene rings is 1. The predicted octanol–water partition coefficient (Wildman–Crippen LogP) is 9.64. The molecule has 0 atom stereocenters. The molecule has 0 saturated heterocycles. The van der Waals surface area contributed by atoms with E-state index in [1.54, 1.807) is 11.8 Å². The van der Waals surface area contributed by atoms with E-state index in [0.717, 1.165) is 17.4 Å². The smallest absolute Gasteiger partial charge is 0.141 e. The molecule has 0 spiro atoms. The Morgan fingerprint density at radius 3 is 1.45 bits per heavy atom. The quantitative estimate of drug-likeness (QED) is 0.0782. The van der Waals surface area contributed by atoms with E-state index in [2.05, 4.69) is 49.1 Å². The molecule has 0 heterocycles. The van der Waals surface area contributed by atoms with E-state index in [9.17, 15) is 0 Å². The van der Waals surface area contributed by atoms with Gasteiger partial charge >= 0.3 is 0 Å². The van der Waals surface area contributed by atoms with E-state index in [-0.39, 0.29) is 19.5 Å². The van der Waals surface area contributed by atoms with Gasteiger partial charge in [0.1, 0.15) is 4.32 Å². The Hall–Kier alpha value is 0.0834. The Labute approximate surface area is 216 Å². The number of unbranched alkanes of at least 4 members (excludes halogenated alkanes) is 14. The fourth-order valence-electron chi connectivity index (χ4n) is 3.82. The SMILES string of the molecule is CCCCCCCCCCN(CCCCCCCCCC)C(=S)Sc1ccccc1.[Zn]. The molecule has 1 rings (SSSR count). The van der Waals surface area contributed by atoms with Crippen molar-refractivity contribution in [2.75, 3.05) is 13.1 Å². The average molecular weight is 515 g/mol. The maximum Gasteiger partial charge on any atom is 0.141 e. The Morgan fingerprint density at radius 2 is 1.03 bits per heavy atom. The maximum atomic E-state index is 5.84. The summed E-state index contributed by atoms with van der Waals surface area (Å²) in [6.07, 6.45) is 22.0. The summed E-state index contributed by atoms with van der Waals surface area (Å²) in [5.74, 6) is 0. The minimum Gasteiger partial charge on any atom is -0.357 e. The van der Waals surface area contributed by atoms with Crippen LogP contribution in [0.15, 0.2) is 35.2 Å². The molecule has 0 radical (unpaired) electrons. The van der Waals surface area contributed by atoms with Gasteiger partial charge in [0.15, 0.2) is 0 Å². The zero-order valence-electron chi connectivity index (χ0n) is 20.6. The molecule has 1 aromatic carbocycles. The van der Waals surface area contributed by atoms with Crippen LogP contribution in [-0.4, -0.2) is 22.3 Å². The van der Waals surface area contributed by atoms with Gasteiger partial charge in [-0.15, -0.1) is 0 Å². The number of rotatable bonds is 19. The predicted molar refractivity (Wildman–Crippen MR) is 142 cm³/mol. The van der Waals surface area contributed by atoms with Crippen LogP contribution >= 0.6 is 24.0 Å². The number of hydrogen-bond acceptors (Lipinski definition) is 2. The summed E-state index contributed by atoms with van der Waals surface area (Å²) >= 11 is 7.61. The van der Waals surface area contributed by atoms with Crippen molar-refractivity contribution in [2.24, 2.45) is 0 Å². The third kappa shape index (κ3) is 18.2. The van der Waals surface area contributed by atoms with E-state index < -0.39 is 0 Å². The molecular formula is C27H47NS2Zn. The molecule has 0 aliphatic rings. The van der Waals surface area contributed by atoms with Crippen LogP contribution in [0.2, 0.25) is 0 Å². The zero-order valence-corrected chi connectivity index (χ0v) is 25.2. The van der Waals surface area contributed by atoms with Gasteiger partial charge in [0.05, 0.1) is 0 Å². The summed E-state index contributed by atoms with van der Waals surface area (Å²) < 4.78 is 1.06. The molecule has 0 saturated carbocycles. The van der Waals surface area contributed by atoms with Crippen molar-refractivity contribution in [3.05, 3.63) is 30.3 Å². The van der Waals surface area contributed by atoms with Crippen LogP contribution in [-0.2, 0) is 19.5 Å². The number of nitrogens with zero attached hydrogens (tertiary/aromatic N) is 1. The van der Waals surface area contributed by atoms with Gasteiger partial charge in [0.2, 0.25) is 0 Å². The van der Waals surface area contributed by atoms with Gasteiger partial charge in [-0.05, 0) is 25.0 Å². The van der Waals surface area contributed by atoms with E-state index in [1.807, 2.05) is 0 Å². The molecule has 0 fully saturated rings. The third-order valence-corrected chi connectivity index (χ3v) is 7.22. The van der Waals surface area contributed by atoms with Crippen LogP contribution in [0, 0.1) is 0 Å².